The number of hydrogen-bond acceptors (Lipinski definition) is 9. The summed E-state index contributed by atoms with van der Waals surface area (Å²) in [5.41, 5.74) is -0.235. The van der Waals surface area contributed by atoms with E-state index < -0.39 is 60.4 Å². The molecule has 0 amide bonds. The Morgan fingerprint density at radius 1 is 1.08 bits per heavy atom. The molecule has 25 heavy (non-hydrogen) atoms. The molecule has 0 radical (unpaired) electrons. The van der Waals surface area contributed by atoms with E-state index in [-0.39, 0.29) is 11.1 Å². The van der Waals surface area contributed by atoms with Gasteiger partial charge in [0.1, 0.15) is 30.2 Å². The second-order valence-electron chi connectivity index (χ2n) is 5.72. The van der Waals surface area contributed by atoms with E-state index in [2.05, 4.69) is 0 Å². The number of Topliss-reactive ketones (excluding diaryl/α,β-unsaturated/α-hetero) is 1. The van der Waals surface area contributed by atoms with E-state index in [9.17, 15) is 30.0 Å². The first-order valence-electron chi connectivity index (χ1n) is 7.45. The first kappa shape index (κ1) is 17.5. The van der Waals surface area contributed by atoms with Gasteiger partial charge >= 0.3 is 0 Å². The van der Waals surface area contributed by atoms with Crippen molar-refractivity contribution < 1.29 is 44.6 Å². The highest BCUT2D eigenvalue weighted by molar-refractivity contribution is 6.24. The third-order valence-electron chi connectivity index (χ3n) is 4.11. The lowest BCUT2D eigenvalue weighted by molar-refractivity contribution is -0.290. The summed E-state index contributed by atoms with van der Waals surface area (Å²) in [6, 6.07) is 4.02. The Hall–Kier alpha value is -2.30. The van der Waals surface area contributed by atoms with Crippen LogP contribution in [0.25, 0.3) is 0 Å². The Morgan fingerprint density at radius 3 is 2.48 bits per heavy atom. The van der Waals surface area contributed by atoms with Gasteiger partial charge in [0.05, 0.1) is 12.2 Å². The fraction of sp³-hybridized carbons (Fsp3) is 0.375. The standard InChI is InChI=1S/C16H16O9/c17-5-10-13(21)14(22)15(23)16(25-10)24-9-4-8(19)6-2-1-3-7(18)11(6)12(9)20/h1-4,10,13-18,21-23H,5H2/t10-,13+,14+,15-,16?/m1/s1. The molecule has 1 aliphatic heterocycles. The number of aliphatic hydroxyl groups excluding tert-OH is 4. The number of carbonyl (C=O) groups excluding carboxylic acids is 2. The fourth-order valence-electron chi connectivity index (χ4n) is 2.75. The molecule has 1 aromatic rings. The Balaban J connectivity index is 1.87. The van der Waals surface area contributed by atoms with Crippen molar-refractivity contribution >= 4 is 11.6 Å². The quantitative estimate of drug-likeness (QED) is 0.436. The number of fused-ring (bicyclic) bond motifs is 1. The van der Waals surface area contributed by atoms with Gasteiger partial charge < -0.3 is 35.0 Å². The molecule has 0 bridgehead atoms. The van der Waals surface area contributed by atoms with E-state index in [1.807, 2.05) is 0 Å². The number of allylic oxidation sites excluding steroid dienone is 2. The van der Waals surface area contributed by atoms with Crippen LogP contribution in [0.15, 0.2) is 30.0 Å². The number of aromatic hydroxyl groups is 1. The van der Waals surface area contributed by atoms with Gasteiger partial charge in [-0.05, 0) is 6.07 Å². The second-order valence-corrected chi connectivity index (χ2v) is 5.72. The third-order valence-corrected chi connectivity index (χ3v) is 4.11. The van der Waals surface area contributed by atoms with Crippen molar-refractivity contribution in [3.05, 3.63) is 41.2 Å². The molecule has 3 rings (SSSR count). The Bertz CT molecular complexity index is 739. The predicted molar refractivity (Wildman–Crippen MR) is 79.7 cm³/mol. The summed E-state index contributed by atoms with van der Waals surface area (Å²) in [7, 11) is 0. The minimum atomic E-state index is -1.73. The van der Waals surface area contributed by atoms with Crippen LogP contribution in [-0.4, -0.2) is 74.4 Å². The van der Waals surface area contributed by atoms with Gasteiger partial charge in [-0.25, -0.2) is 0 Å². The number of aliphatic hydroxyl groups is 4. The summed E-state index contributed by atoms with van der Waals surface area (Å²) in [4.78, 5) is 24.6. The molecule has 134 valence electrons. The molecule has 1 aromatic carbocycles. The normalized spacial score (nSPS) is 32.2. The van der Waals surface area contributed by atoms with Crippen molar-refractivity contribution in [1.29, 1.82) is 0 Å². The molecule has 0 aromatic heterocycles. The number of phenolic OH excluding ortho intramolecular Hbond substituents is 1. The van der Waals surface area contributed by atoms with Crippen LogP contribution in [0.1, 0.15) is 20.7 Å². The van der Waals surface area contributed by atoms with Crippen molar-refractivity contribution in [3.8, 4) is 5.75 Å². The van der Waals surface area contributed by atoms with E-state index in [0.29, 0.717) is 0 Å². The SMILES string of the molecule is O=C1C=C(OC2O[C@H](CO)[C@H](O)[C@H](O)[C@H]2O)C(=O)c2c(O)cccc21. The molecule has 1 fully saturated rings. The number of rotatable bonds is 3. The Labute approximate surface area is 141 Å². The first-order chi connectivity index (χ1) is 11.8. The highest BCUT2D eigenvalue weighted by Crippen LogP contribution is 2.31. The molecule has 1 unspecified atom stereocenters. The van der Waals surface area contributed by atoms with Crippen LogP contribution in [0.2, 0.25) is 0 Å². The molecule has 1 aliphatic carbocycles. The molecule has 9 nitrogen and oxygen atoms in total. The predicted octanol–water partition coefficient (Wildman–Crippen LogP) is -1.53. The van der Waals surface area contributed by atoms with Gasteiger partial charge in [-0.1, -0.05) is 12.1 Å². The van der Waals surface area contributed by atoms with Gasteiger partial charge in [-0.15, -0.1) is 0 Å². The van der Waals surface area contributed by atoms with E-state index in [1.54, 1.807) is 0 Å². The number of ether oxygens (including phenoxy) is 2. The summed E-state index contributed by atoms with van der Waals surface area (Å²) in [5, 5.41) is 48.4. The Morgan fingerprint density at radius 2 is 1.80 bits per heavy atom. The minimum absolute atomic E-state index is 0.00570. The van der Waals surface area contributed by atoms with Gasteiger partial charge in [0.15, 0.2) is 11.5 Å². The van der Waals surface area contributed by atoms with E-state index in [1.165, 1.54) is 18.2 Å². The highest BCUT2D eigenvalue weighted by atomic mass is 16.7. The minimum Gasteiger partial charge on any atom is -0.507 e. The lowest BCUT2D eigenvalue weighted by Crippen LogP contribution is -2.59. The summed E-state index contributed by atoms with van der Waals surface area (Å²) in [5.74, 6) is -2.29. The van der Waals surface area contributed by atoms with Crippen LogP contribution < -0.4 is 0 Å². The molecular weight excluding hydrogens is 336 g/mol. The van der Waals surface area contributed by atoms with E-state index in [4.69, 9.17) is 14.6 Å². The smallest absolute Gasteiger partial charge is 0.232 e. The van der Waals surface area contributed by atoms with Crippen LogP contribution in [-0.2, 0) is 9.47 Å². The van der Waals surface area contributed by atoms with Crippen molar-refractivity contribution in [3.63, 3.8) is 0 Å². The van der Waals surface area contributed by atoms with Crippen LogP contribution in [0, 0.1) is 0 Å². The van der Waals surface area contributed by atoms with Crippen LogP contribution >= 0.6 is 0 Å². The number of ketones is 2. The fourth-order valence-corrected chi connectivity index (χ4v) is 2.75. The molecule has 1 saturated heterocycles. The molecular formula is C16H16O9. The number of phenols is 1. The van der Waals surface area contributed by atoms with Crippen molar-refractivity contribution in [1.82, 2.24) is 0 Å². The van der Waals surface area contributed by atoms with Crippen molar-refractivity contribution in [2.45, 2.75) is 30.7 Å². The van der Waals surface area contributed by atoms with E-state index >= 15 is 0 Å². The molecule has 9 heteroatoms. The molecule has 2 aliphatic rings. The lowest BCUT2D eigenvalue weighted by atomic mass is 9.92. The topological polar surface area (TPSA) is 154 Å². The van der Waals surface area contributed by atoms with Crippen molar-refractivity contribution in [2.75, 3.05) is 6.61 Å². The van der Waals surface area contributed by atoms with Gasteiger partial charge in [-0.3, -0.25) is 9.59 Å². The molecule has 1 heterocycles. The maximum Gasteiger partial charge on any atom is 0.232 e. The van der Waals surface area contributed by atoms with Crippen LogP contribution in [0.4, 0.5) is 0 Å². The maximum atomic E-state index is 12.5. The van der Waals surface area contributed by atoms with Crippen molar-refractivity contribution in [2.24, 2.45) is 0 Å². The molecule has 0 spiro atoms. The molecule has 0 saturated carbocycles. The highest BCUT2D eigenvalue weighted by Gasteiger charge is 2.45. The zero-order valence-electron chi connectivity index (χ0n) is 12.8. The zero-order chi connectivity index (χ0) is 18.3. The van der Waals surface area contributed by atoms with Gasteiger partial charge in [0, 0.05) is 11.6 Å². The average molecular weight is 352 g/mol. The third kappa shape index (κ3) is 2.92. The van der Waals surface area contributed by atoms with Gasteiger partial charge in [0.2, 0.25) is 12.1 Å². The number of hydrogen-bond donors (Lipinski definition) is 5. The molecule has 5 atom stereocenters. The Kier molecular flexibility index (Phi) is 4.58. The summed E-state index contributed by atoms with van der Waals surface area (Å²) < 4.78 is 10.4. The largest absolute Gasteiger partial charge is 0.507 e. The monoisotopic (exact) mass is 352 g/mol. The second kappa shape index (κ2) is 6.54. The van der Waals surface area contributed by atoms with Gasteiger partial charge in [-0.2, -0.15) is 0 Å². The number of benzene rings is 1. The summed E-state index contributed by atoms with van der Waals surface area (Å²) >= 11 is 0. The molecule has 5 N–H and O–H groups in total. The zero-order valence-corrected chi connectivity index (χ0v) is 12.8. The lowest BCUT2D eigenvalue weighted by Gasteiger charge is -2.39. The first-order valence-corrected chi connectivity index (χ1v) is 7.45. The summed E-state index contributed by atoms with van der Waals surface area (Å²) in [6.45, 7) is -0.666. The van der Waals surface area contributed by atoms with E-state index in [0.717, 1.165) is 6.08 Å². The maximum absolute atomic E-state index is 12.5. The van der Waals surface area contributed by atoms with Gasteiger partial charge in [0.25, 0.3) is 0 Å². The van der Waals surface area contributed by atoms with Crippen LogP contribution in [0.3, 0.4) is 0 Å². The summed E-state index contributed by atoms with van der Waals surface area (Å²) in [6.07, 6.45) is -6.95. The average Bonchev–Trinajstić information content (AvgIpc) is 2.59. The van der Waals surface area contributed by atoms with Crippen LogP contribution in [0.5, 0.6) is 5.75 Å². The number of carbonyl (C=O) groups is 2.